The van der Waals surface area contributed by atoms with Gasteiger partial charge in [0.25, 0.3) is 10.0 Å². The van der Waals surface area contributed by atoms with Crippen molar-refractivity contribution in [3.05, 3.63) is 66.2 Å². The van der Waals surface area contributed by atoms with E-state index in [1.165, 1.54) is 20.3 Å². The Morgan fingerprint density at radius 1 is 0.872 bits per heavy atom. The Balaban J connectivity index is 1.73. The first-order valence-corrected chi connectivity index (χ1v) is 13.4. The summed E-state index contributed by atoms with van der Waals surface area (Å²) < 4.78 is 40.5. The molecule has 0 saturated heterocycles. The van der Waals surface area contributed by atoms with E-state index in [2.05, 4.69) is 25.3 Å². The van der Waals surface area contributed by atoms with Gasteiger partial charge < -0.3 is 25.0 Å². The lowest BCUT2D eigenvalue weighted by atomic mass is 10.2. The van der Waals surface area contributed by atoms with E-state index in [9.17, 15) is 13.2 Å². The molecule has 0 aliphatic carbocycles. The van der Waals surface area contributed by atoms with Crippen LogP contribution in [-0.2, 0) is 14.8 Å². The number of nitrogens with one attached hydrogen (secondary N) is 3. The van der Waals surface area contributed by atoms with Crippen LogP contribution in [0.3, 0.4) is 0 Å². The lowest BCUT2D eigenvalue weighted by Gasteiger charge is -2.16. The van der Waals surface area contributed by atoms with Gasteiger partial charge in [0, 0.05) is 29.6 Å². The van der Waals surface area contributed by atoms with Crippen molar-refractivity contribution in [2.24, 2.45) is 0 Å². The largest absolute Gasteiger partial charge is 0.497 e. The lowest BCUT2D eigenvalue weighted by Crippen LogP contribution is -2.27. The van der Waals surface area contributed by atoms with Gasteiger partial charge in [-0.3, -0.25) is 9.52 Å². The maximum absolute atomic E-state index is 13.6. The quantitative estimate of drug-likeness (QED) is 0.268. The van der Waals surface area contributed by atoms with Crippen molar-refractivity contribution < 1.29 is 22.7 Å². The summed E-state index contributed by atoms with van der Waals surface area (Å²) in [5, 5.41) is 5.87. The Labute approximate surface area is 227 Å². The van der Waals surface area contributed by atoms with Crippen LogP contribution in [0, 0.1) is 6.92 Å². The second kappa shape index (κ2) is 11.5. The Morgan fingerprint density at radius 3 is 2.08 bits per heavy atom. The normalized spacial score (nSPS) is 11.3. The summed E-state index contributed by atoms with van der Waals surface area (Å²) in [5.41, 5.74) is 2.48. The van der Waals surface area contributed by atoms with Crippen molar-refractivity contribution in [2.75, 3.05) is 50.2 Å². The molecule has 0 bridgehead atoms. The number of aryl methyl sites for hydroxylation is 1. The molecule has 1 amide bonds. The van der Waals surface area contributed by atoms with E-state index < -0.39 is 10.0 Å². The third kappa shape index (κ3) is 6.72. The summed E-state index contributed by atoms with van der Waals surface area (Å²) in [6, 6.07) is 17.0. The molecule has 11 nitrogen and oxygen atoms in total. The Bertz CT molecular complexity index is 1600. The van der Waals surface area contributed by atoms with Crippen LogP contribution < -0.4 is 24.8 Å². The molecule has 0 aliphatic rings. The number of hydrogen-bond donors (Lipinski definition) is 3. The van der Waals surface area contributed by atoms with Crippen molar-refractivity contribution in [1.29, 1.82) is 0 Å². The maximum atomic E-state index is 13.6. The van der Waals surface area contributed by atoms with Crippen LogP contribution >= 0.6 is 0 Å². The third-order valence-electron chi connectivity index (χ3n) is 5.64. The molecule has 0 aliphatic heterocycles. The van der Waals surface area contributed by atoms with E-state index in [0.717, 1.165) is 0 Å². The summed E-state index contributed by atoms with van der Waals surface area (Å²) in [6.45, 7) is 1.83. The van der Waals surface area contributed by atoms with E-state index in [1.54, 1.807) is 74.4 Å². The molecule has 12 heteroatoms. The van der Waals surface area contributed by atoms with Crippen molar-refractivity contribution in [3.8, 4) is 11.5 Å². The molecule has 4 aromatic rings. The molecule has 4 rings (SSSR count). The second-order valence-electron chi connectivity index (χ2n) is 9.01. The molecule has 0 unspecified atom stereocenters. The molecule has 0 radical (unpaired) electrons. The van der Waals surface area contributed by atoms with Crippen molar-refractivity contribution >= 4 is 50.0 Å². The van der Waals surface area contributed by atoms with Crippen LogP contribution in [0.15, 0.2) is 65.6 Å². The minimum Gasteiger partial charge on any atom is -0.497 e. The highest BCUT2D eigenvalue weighted by Crippen LogP contribution is 2.32. The van der Waals surface area contributed by atoms with E-state index >= 15 is 0 Å². The van der Waals surface area contributed by atoms with Gasteiger partial charge in [0.15, 0.2) is 11.6 Å². The minimum atomic E-state index is -4.14. The first kappa shape index (κ1) is 27.6. The number of para-hydroxylation sites is 2. The summed E-state index contributed by atoms with van der Waals surface area (Å²) in [5.74, 6) is 0.992. The monoisotopic (exact) mass is 550 g/mol. The summed E-state index contributed by atoms with van der Waals surface area (Å²) >= 11 is 0. The van der Waals surface area contributed by atoms with Crippen molar-refractivity contribution in [3.63, 3.8) is 0 Å². The molecule has 0 atom stereocenters. The van der Waals surface area contributed by atoms with Gasteiger partial charge in [-0.15, -0.1) is 0 Å². The van der Waals surface area contributed by atoms with Crippen molar-refractivity contribution in [1.82, 2.24) is 14.9 Å². The number of methoxy groups -OCH3 is 2. The molecule has 0 saturated carbocycles. The number of fused-ring (bicyclic) bond motifs is 1. The topological polar surface area (TPSA) is 135 Å². The van der Waals surface area contributed by atoms with Gasteiger partial charge in [-0.2, -0.15) is 0 Å². The molecule has 3 N–H and O–H groups in total. The fourth-order valence-electron chi connectivity index (χ4n) is 3.81. The van der Waals surface area contributed by atoms with Crippen LogP contribution in [0.25, 0.3) is 11.0 Å². The number of hydrogen-bond acceptors (Lipinski definition) is 9. The molecular weight excluding hydrogens is 520 g/mol. The van der Waals surface area contributed by atoms with E-state index in [0.29, 0.717) is 39.5 Å². The number of ether oxygens (including phenoxy) is 2. The number of nitrogens with zero attached hydrogens (tertiary/aromatic N) is 3. The summed E-state index contributed by atoms with van der Waals surface area (Å²) in [4.78, 5) is 23.1. The van der Waals surface area contributed by atoms with Crippen molar-refractivity contribution in [2.45, 2.75) is 11.8 Å². The smallest absolute Gasteiger partial charge is 0.263 e. The zero-order valence-corrected chi connectivity index (χ0v) is 23.1. The fourth-order valence-corrected chi connectivity index (χ4v) is 5.09. The number of carbonyl (C=O) groups is 1. The molecule has 1 heterocycles. The summed E-state index contributed by atoms with van der Waals surface area (Å²) in [6.07, 6.45) is 0. The molecule has 1 aromatic heterocycles. The van der Waals surface area contributed by atoms with E-state index in [-0.39, 0.29) is 29.0 Å². The average molecular weight is 551 g/mol. The number of amides is 1. The van der Waals surface area contributed by atoms with Crippen LogP contribution in [0.2, 0.25) is 0 Å². The SMILES string of the molecule is COc1cc(Nc2nc3ccccc3nc2NS(=O)(=O)c2cc(NC(=O)CN(C)C)ccc2C)cc(OC)c1. The highest BCUT2D eigenvalue weighted by Gasteiger charge is 2.22. The molecule has 0 fully saturated rings. The van der Waals surface area contributed by atoms with Gasteiger partial charge in [-0.05, 0) is 50.8 Å². The Kier molecular flexibility index (Phi) is 8.17. The van der Waals surface area contributed by atoms with Crippen LogP contribution in [0.4, 0.5) is 23.0 Å². The zero-order chi connectivity index (χ0) is 28.2. The van der Waals surface area contributed by atoms with E-state index in [4.69, 9.17) is 9.47 Å². The van der Waals surface area contributed by atoms with Gasteiger partial charge in [0.1, 0.15) is 11.5 Å². The zero-order valence-electron chi connectivity index (χ0n) is 22.3. The number of anilines is 4. The van der Waals surface area contributed by atoms with Crippen LogP contribution in [-0.4, -0.2) is 64.1 Å². The molecule has 3 aromatic carbocycles. The second-order valence-corrected chi connectivity index (χ2v) is 10.7. The maximum Gasteiger partial charge on any atom is 0.263 e. The number of aromatic nitrogens is 2. The minimum absolute atomic E-state index is 0.00284. The molecule has 204 valence electrons. The number of rotatable bonds is 10. The molecule has 39 heavy (non-hydrogen) atoms. The highest BCUT2D eigenvalue weighted by molar-refractivity contribution is 7.92. The molecular formula is C27H30N6O5S. The first-order chi connectivity index (χ1) is 18.6. The summed E-state index contributed by atoms with van der Waals surface area (Å²) in [7, 11) is 2.47. The number of sulfonamides is 1. The van der Waals surface area contributed by atoms with Gasteiger partial charge in [0.2, 0.25) is 5.91 Å². The van der Waals surface area contributed by atoms with Gasteiger partial charge >= 0.3 is 0 Å². The highest BCUT2D eigenvalue weighted by atomic mass is 32.2. The Hall–Kier alpha value is -4.42. The first-order valence-electron chi connectivity index (χ1n) is 11.9. The Morgan fingerprint density at radius 2 is 1.49 bits per heavy atom. The predicted octanol–water partition coefficient (Wildman–Crippen LogP) is 4.00. The third-order valence-corrected chi connectivity index (χ3v) is 7.12. The number of carbonyl (C=O) groups excluding carboxylic acids is 1. The van der Waals surface area contributed by atoms with Crippen LogP contribution in [0.1, 0.15) is 5.56 Å². The number of benzene rings is 3. The van der Waals surface area contributed by atoms with Gasteiger partial charge in [-0.25, -0.2) is 18.4 Å². The van der Waals surface area contributed by atoms with Gasteiger partial charge in [0.05, 0.1) is 36.7 Å². The average Bonchev–Trinajstić information content (AvgIpc) is 2.89. The molecule has 0 spiro atoms. The van der Waals surface area contributed by atoms with Gasteiger partial charge in [-0.1, -0.05) is 18.2 Å². The lowest BCUT2D eigenvalue weighted by molar-refractivity contribution is -0.116. The van der Waals surface area contributed by atoms with Crippen LogP contribution in [0.5, 0.6) is 11.5 Å². The fraction of sp³-hybridized carbons (Fsp3) is 0.222. The number of likely N-dealkylation sites (N-methyl/N-ethyl adjacent to an activating group) is 1. The standard InChI is InChI=1S/C27H30N6O5S/c1-17-10-11-18(28-25(34)16-33(2)3)14-24(17)39(35,36)32-27-26(30-22-8-6-7-9-23(22)31-27)29-19-12-20(37-4)15-21(13-19)38-5/h6-15H,16H2,1-5H3,(H,28,34)(H,29,30)(H,31,32). The predicted molar refractivity (Wildman–Crippen MR) is 152 cm³/mol. The van der Waals surface area contributed by atoms with E-state index in [1.807, 2.05) is 6.07 Å².